The summed E-state index contributed by atoms with van der Waals surface area (Å²) in [4.78, 5) is 14.5. The van der Waals surface area contributed by atoms with E-state index in [9.17, 15) is 13.2 Å². The van der Waals surface area contributed by atoms with Gasteiger partial charge in [-0.15, -0.1) is 10.2 Å². The van der Waals surface area contributed by atoms with Crippen LogP contribution in [-0.2, 0) is 14.8 Å². The molecule has 1 amide bonds. The molecular formula is C23H31N5O3S2. The maximum absolute atomic E-state index is 12.8. The van der Waals surface area contributed by atoms with Gasteiger partial charge in [-0.2, -0.15) is 4.31 Å². The second-order valence-corrected chi connectivity index (χ2v) is 11.3. The largest absolute Gasteiger partial charge is 0.339 e. The van der Waals surface area contributed by atoms with E-state index in [1.54, 1.807) is 11.0 Å². The predicted octanol–water partition coefficient (Wildman–Crippen LogP) is 3.33. The van der Waals surface area contributed by atoms with Crippen molar-refractivity contribution in [3.8, 4) is 0 Å². The molecule has 33 heavy (non-hydrogen) atoms. The average molecular weight is 490 g/mol. The van der Waals surface area contributed by atoms with E-state index in [0.717, 1.165) is 29.4 Å². The molecule has 1 saturated carbocycles. The number of hydrogen-bond acceptors (Lipinski definition) is 6. The van der Waals surface area contributed by atoms with Gasteiger partial charge in [0.25, 0.3) is 0 Å². The number of benzene rings is 1. The third kappa shape index (κ3) is 6.04. The quantitative estimate of drug-likeness (QED) is 0.555. The molecular weight excluding hydrogens is 458 g/mol. The lowest BCUT2D eigenvalue weighted by Gasteiger charge is -2.33. The van der Waals surface area contributed by atoms with E-state index >= 15 is 0 Å². The van der Waals surface area contributed by atoms with Crippen LogP contribution in [-0.4, -0.2) is 70.2 Å². The first-order valence-corrected chi connectivity index (χ1v) is 14.0. The molecule has 1 aliphatic carbocycles. The van der Waals surface area contributed by atoms with Gasteiger partial charge in [-0.1, -0.05) is 61.4 Å². The molecule has 1 aromatic heterocycles. The van der Waals surface area contributed by atoms with Crippen LogP contribution < -0.4 is 0 Å². The number of rotatable bonds is 7. The fraction of sp³-hybridized carbons (Fsp3) is 0.522. The fourth-order valence-electron chi connectivity index (χ4n) is 4.43. The van der Waals surface area contributed by atoms with Crippen LogP contribution in [0.4, 0.5) is 0 Å². The molecule has 178 valence electrons. The Labute approximate surface area is 200 Å². The molecule has 2 aromatic rings. The number of aryl methyl sites for hydroxylation is 1. The Hall–Kier alpha value is -2.17. The smallest absolute Gasteiger partial charge is 0.236 e. The van der Waals surface area contributed by atoms with E-state index in [1.165, 1.54) is 40.7 Å². The van der Waals surface area contributed by atoms with Gasteiger partial charge >= 0.3 is 0 Å². The van der Waals surface area contributed by atoms with Gasteiger partial charge in [0.1, 0.15) is 5.82 Å². The molecule has 2 aliphatic rings. The van der Waals surface area contributed by atoms with Crippen molar-refractivity contribution >= 4 is 33.8 Å². The monoisotopic (exact) mass is 489 g/mol. The molecule has 10 heteroatoms. The van der Waals surface area contributed by atoms with Gasteiger partial charge in [-0.25, -0.2) is 8.42 Å². The van der Waals surface area contributed by atoms with Gasteiger partial charge in [0.2, 0.25) is 15.9 Å². The van der Waals surface area contributed by atoms with Crippen molar-refractivity contribution in [2.75, 3.05) is 31.9 Å². The molecule has 4 rings (SSSR count). The first kappa shape index (κ1) is 24.0. The zero-order valence-electron chi connectivity index (χ0n) is 19.0. The Morgan fingerprint density at radius 2 is 1.76 bits per heavy atom. The molecule has 1 aliphatic heterocycles. The van der Waals surface area contributed by atoms with Crippen LogP contribution in [0.2, 0.25) is 0 Å². The number of nitrogens with zero attached hydrogens (tertiary/aromatic N) is 5. The number of piperazine rings is 1. The van der Waals surface area contributed by atoms with E-state index in [-0.39, 0.29) is 11.7 Å². The minimum Gasteiger partial charge on any atom is -0.339 e. The topological polar surface area (TPSA) is 88.4 Å². The molecule has 2 fully saturated rings. The third-order valence-electron chi connectivity index (χ3n) is 6.28. The van der Waals surface area contributed by atoms with Gasteiger partial charge in [0.05, 0.1) is 5.75 Å². The van der Waals surface area contributed by atoms with Gasteiger partial charge in [-0.05, 0) is 31.4 Å². The Bertz CT molecular complexity index is 1070. The van der Waals surface area contributed by atoms with Crippen LogP contribution in [0.5, 0.6) is 0 Å². The van der Waals surface area contributed by atoms with Gasteiger partial charge in [-0.3, -0.25) is 4.79 Å². The summed E-state index contributed by atoms with van der Waals surface area (Å²) < 4.78 is 28.9. The van der Waals surface area contributed by atoms with E-state index in [2.05, 4.69) is 14.8 Å². The van der Waals surface area contributed by atoms with Crippen molar-refractivity contribution in [3.05, 3.63) is 47.1 Å². The Morgan fingerprint density at radius 3 is 2.45 bits per heavy atom. The molecule has 0 radical (unpaired) electrons. The summed E-state index contributed by atoms with van der Waals surface area (Å²) in [5.41, 5.74) is 0.836. The maximum Gasteiger partial charge on any atom is 0.236 e. The lowest BCUT2D eigenvalue weighted by Crippen LogP contribution is -2.50. The van der Waals surface area contributed by atoms with Crippen molar-refractivity contribution in [1.82, 2.24) is 24.0 Å². The van der Waals surface area contributed by atoms with E-state index < -0.39 is 10.0 Å². The molecule has 1 aromatic carbocycles. The number of thioether (sulfide) groups is 1. The van der Waals surface area contributed by atoms with Crippen molar-refractivity contribution < 1.29 is 13.2 Å². The highest BCUT2D eigenvalue weighted by atomic mass is 32.2. The molecule has 2 heterocycles. The zero-order valence-corrected chi connectivity index (χ0v) is 20.6. The minimum atomic E-state index is -3.51. The first-order chi connectivity index (χ1) is 15.9. The van der Waals surface area contributed by atoms with Crippen molar-refractivity contribution in [2.45, 2.75) is 50.2 Å². The second-order valence-electron chi connectivity index (χ2n) is 8.52. The van der Waals surface area contributed by atoms with E-state index in [1.807, 2.05) is 37.3 Å². The number of amides is 1. The third-order valence-corrected chi connectivity index (χ3v) is 8.78. The minimum absolute atomic E-state index is 0.00715. The Balaban J connectivity index is 1.29. The number of sulfonamides is 1. The summed E-state index contributed by atoms with van der Waals surface area (Å²) in [5.74, 6) is 1.19. The number of carbonyl (C=O) groups is 1. The van der Waals surface area contributed by atoms with Crippen molar-refractivity contribution in [1.29, 1.82) is 0 Å². The standard InChI is InChI=1S/C23H31N5O3S2/c1-19-24-25-23(28(19)21-10-6-3-7-11-21)32-18-22(29)26-13-15-27(16-14-26)33(30,31)17-12-20-8-4-2-5-9-20/h2,4-5,8-9,12,17,21H,3,6-7,10-11,13-16,18H2,1H3. The zero-order chi connectivity index (χ0) is 23.3. The second kappa shape index (κ2) is 10.8. The van der Waals surface area contributed by atoms with Crippen LogP contribution >= 0.6 is 11.8 Å². The van der Waals surface area contributed by atoms with Crippen LogP contribution in [0.3, 0.4) is 0 Å². The summed E-state index contributed by atoms with van der Waals surface area (Å²) in [6.45, 7) is 3.36. The number of carbonyl (C=O) groups excluding carboxylic acids is 1. The lowest BCUT2D eigenvalue weighted by atomic mass is 9.95. The van der Waals surface area contributed by atoms with Crippen LogP contribution in [0.1, 0.15) is 49.5 Å². The first-order valence-electron chi connectivity index (χ1n) is 11.5. The Kier molecular flexibility index (Phi) is 7.87. The van der Waals surface area contributed by atoms with Gasteiger partial charge in [0, 0.05) is 37.6 Å². The van der Waals surface area contributed by atoms with E-state index in [4.69, 9.17) is 0 Å². The predicted molar refractivity (Wildman–Crippen MR) is 130 cm³/mol. The molecule has 0 N–H and O–H groups in total. The molecule has 1 saturated heterocycles. The van der Waals surface area contributed by atoms with E-state index in [0.29, 0.717) is 32.2 Å². The van der Waals surface area contributed by atoms with Crippen LogP contribution in [0, 0.1) is 6.92 Å². The summed E-state index contributed by atoms with van der Waals surface area (Å²) in [7, 11) is -3.51. The summed E-state index contributed by atoms with van der Waals surface area (Å²) in [6.07, 6.45) is 7.60. The highest BCUT2D eigenvalue weighted by molar-refractivity contribution is 7.99. The van der Waals surface area contributed by atoms with Crippen molar-refractivity contribution in [3.63, 3.8) is 0 Å². The maximum atomic E-state index is 12.8. The highest BCUT2D eigenvalue weighted by Crippen LogP contribution is 2.32. The molecule has 0 atom stereocenters. The molecule has 0 spiro atoms. The van der Waals surface area contributed by atoms with Crippen LogP contribution in [0.25, 0.3) is 6.08 Å². The number of aromatic nitrogens is 3. The molecule has 0 bridgehead atoms. The summed E-state index contributed by atoms with van der Waals surface area (Å²) in [6, 6.07) is 9.76. The van der Waals surface area contributed by atoms with Gasteiger partial charge in [0.15, 0.2) is 5.16 Å². The van der Waals surface area contributed by atoms with Crippen LogP contribution in [0.15, 0.2) is 40.9 Å². The average Bonchev–Trinajstić information content (AvgIpc) is 3.22. The SMILES string of the molecule is Cc1nnc(SCC(=O)N2CCN(S(=O)(=O)C=Cc3ccccc3)CC2)n1C1CCCCC1. The number of hydrogen-bond donors (Lipinski definition) is 0. The van der Waals surface area contributed by atoms with Gasteiger partial charge < -0.3 is 9.47 Å². The summed E-state index contributed by atoms with van der Waals surface area (Å²) >= 11 is 1.43. The normalized spacial score (nSPS) is 18.8. The molecule has 0 unspecified atom stereocenters. The lowest BCUT2D eigenvalue weighted by molar-refractivity contribution is -0.129. The highest BCUT2D eigenvalue weighted by Gasteiger charge is 2.28. The Morgan fingerprint density at radius 1 is 1.06 bits per heavy atom. The molecule has 8 nitrogen and oxygen atoms in total. The summed E-state index contributed by atoms with van der Waals surface area (Å²) in [5, 5.41) is 10.6. The van der Waals surface area contributed by atoms with Crippen molar-refractivity contribution in [2.24, 2.45) is 0 Å². The fourth-order valence-corrected chi connectivity index (χ4v) is 6.56.